The zero-order valence-electron chi connectivity index (χ0n) is 10.9. The first kappa shape index (κ1) is 15.4. The number of nitrogens with one attached hydrogen (secondary N) is 1. The predicted molar refractivity (Wildman–Crippen MR) is 69.9 cm³/mol. The molecular formula is C11H24N2O4Si. The fourth-order valence-corrected chi connectivity index (χ4v) is 3.32. The van der Waals surface area contributed by atoms with Gasteiger partial charge >= 0.3 is 14.8 Å². The maximum atomic E-state index is 11.3. The summed E-state index contributed by atoms with van der Waals surface area (Å²) in [6.45, 7) is 3.83. The van der Waals surface area contributed by atoms with Gasteiger partial charge in [0.25, 0.3) is 0 Å². The van der Waals surface area contributed by atoms with Gasteiger partial charge in [-0.1, -0.05) is 26.2 Å². The molecule has 0 radical (unpaired) electrons. The molecule has 0 aliphatic carbocycles. The van der Waals surface area contributed by atoms with Crippen LogP contribution < -0.4 is 5.32 Å². The number of hydrogen-bond acceptors (Lipinski definition) is 4. The van der Waals surface area contributed by atoms with Crippen molar-refractivity contribution in [3.8, 4) is 0 Å². The number of unbranched alkanes of at least 4 members (excludes halogenated alkanes) is 2. The van der Waals surface area contributed by atoms with Crippen molar-refractivity contribution in [3.05, 3.63) is 0 Å². The van der Waals surface area contributed by atoms with Gasteiger partial charge in [-0.3, -0.25) is 0 Å². The van der Waals surface area contributed by atoms with Crippen molar-refractivity contribution in [2.75, 3.05) is 19.6 Å². The Balaban J connectivity index is 2.38. The lowest BCUT2D eigenvalue weighted by Crippen LogP contribution is -2.42. The highest BCUT2D eigenvalue weighted by Crippen LogP contribution is 2.26. The molecule has 1 aliphatic rings. The lowest BCUT2D eigenvalue weighted by Gasteiger charge is -2.24. The molecule has 0 aromatic heterocycles. The van der Waals surface area contributed by atoms with Crippen LogP contribution in [0.4, 0.5) is 4.79 Å². The van der Waals surface area contributed by atoms with E-state index < -0.39 is 14.3 Å². The van der Waals surface area contributed by atoms with Crippen LogP contribution >= 0.6 is 0 Å². The van der Waals surface area contributed by atoms with E-state index in [2.05, 4.69) is 12.2 Å². The molecule has 18 heavy (non-hydrogen) atoms. The second kappa shape index (κ2) is 7.08. The van der Waals surface area contributed by atoms with Crippen LogP contribution in [0.15, 0.2) is 0 Å². The SMILES string of the molecule is CCCCCC(CCN1CCNC1=O)[Si](O)(O)O. The summed E-state index contributed by atoms with van der Waals surface area (Å²) in [4.78, 5) is 41.3. The van der Waals surface area contributed by atoms with E-state index in [1.807, 2.05) is 0 Å². The Kier molecular flexibility index (Phi) is 6.07. The minimum atomic E-state index is -4.09. The van der Waals surface area contributed by atoms with Gasteiger partial charge in [0.2, 0.25) is 0 Å². The predicted octanol–water partition coefficient (Wildman–Crippen LogP) is 0.268. The third-order valence-corrected chi connectivity index (χ3v) is 5.07. The molecule has 0 aromatic rings. The van der Waals surface area contributed by atoms with E-state index in [1.54, 1.807) is 4.90 Å². The number of hydrogen-bond donors (Lipinski definition) is 4. The summed E-state index contributed by atoms with van der Waals surface area (Å²) in [5, 5.41) is 2.70. The minimum absolute atomic E-state index is 0.108. The van der Waals surface area contributed by atoms with Crippen LogP contribution in [0.2, 0.25) is 5.54 Å². The third kappa shape index (κ3) is 4.93. The monoisotopic (exact) mass is 276 g/mol. The van der Waals surface area contributed by atoms with Crippen LogP contribution in [-0.4, -0.2) is 53.8 Å². The maximum Gasteiger partial charge on any atom is 0.496 e. The first-order chi connectivity index (χ1) is 8.45. The maximum absolute atomic E-state index is 11.3. The zero-order valence-corrected chi connectivity index (χ0v) is 11.9. The van der Waals surface area contributed by atoms with Gasteiger partial charge in [-0.25, -0.2) is 4.79 Å². The van der Waals surface area contributed by atoms with Gasteiger partial charge in [0.1, 0.15) is 0 Å². The fourth-order valence-electron chi connectivity index (χ4n) is 2.21. The molecule has 1 rings (SSSR count). The molecule has 7 heteroatoms. The highest BCUT2D eigenvalue weighted by molar-refractivity contribution is 6.57. The van der Waals surface area contributed by atoms with Gasteiger partial charge in [0.05, 0.1) is 0 Å². The molecule has 6 nitrogen and oxygen atoms in total. The van der Waals surface area contributed by atoms with E-state index >= 15 is 0 Å². The Morgan fingerprint density at radius 2 is 2.06 bits per heavy atom. The Labute approximate surface area is 109 Å². The Morgan fingerprint density at radius 1 is 1.33 bits per heavy atom. The first-order valence-corrected chi connectivity index (χ1v) is 8.57. The molecule has 0 saturated carbocycles. The molecule has 1 heterocycles. The first-order valence-electron chi connectivity index (χ1n) is 6.65. The van der Waals surface area contributed by atoms with Crippen molar-refractivity contribution in [2.45, 2.75) is 44.6 Å². The summed E-state index contributed by atoms with van der Waals surface area (Å²) < 4.78 is 0. The van der Waals surface area contributed by atoms with Crippen LogP contribution in [0.3, 0.4) is 0 Å². The average Bonchev–Trinajstić information content (AvgIpc) is 2.67. The highest BCUT2D eigenvalue weighted by atomic mass is 28.4. The molecule has 0 aromatic carbocycles. The van der Waals surface area contributed by atoms with Crippen LogP contribution in [0.1, 0.15) is 39.0 Å². The fraction of sp³-hybridized carbons (Fsp3) is 0.909. The minimum Gasteiger partial charge on any atom is -0.390 e. The van der Waals surface area contributed by atoms with E-state index in [-0.39, 0.29) is 6.03 Å². The molecule has 106 valence electrons. The molecule has 4 N–H and O–H groups in total. The molecule has 1 unspecified atom stereocenters. The van der Waals surface area contributed by atoms with Crippen LogP contribution in [0, 0.1) is 0 Å². The molecule has 1 atom stereocenters. The molecule has 1 aliphatic heterocycles. The Morgan fingerprint density at radius 3 is 2.56 bits per heavy atom. The largest absolute Gasteiger partial charge is 0.496 e. The number of carbonyl (C=O) groups is 1. The lowest BCUT2D eigenvalue weighted by atomic mass is 10.1. The topological polar surface area (TPSA) is 93.0 Å². The van der Waals surface area contributed by atoms with E-state index in [1.165, 1.54) is 0 Å². The van der Waals surface area contributed by atoms with Crippen molar-refractivity contribution < 1.29 is 19.2 Å². The van der Waals surface area contributed by atoms with Crippen molar-refractivity contribution in [2.24, 2.45) is 0 Å². The Bertz CT molecular complexity index is 270. The molecule has 0 bridgehead atoms. The summed E-state index contributed by atoms with van der Waals surface area (Å²) >= 11 is 0. The summed E-state index contributed by atoms with van der Waals surface area (Å²) in [6, 6.07) is -0.108. The van der Waals surface area contributed by atoms with Crippen LogP contribution in [-0.2, 0) is 0 Å². The number of rotatable bonds is 8. The van der Waals surface area contributed by atoms with Crippen molar-refractivity contribution in [1.29, 1.82) is 0 Å². The zero-order chi connectivity index (χ0) is 13.6. The third-order valence-electron chi connectivity index (χ3n) is 3.40. The van der Waals surface area contributed by atoms with Crippen molar-refractivity contribution in [3.63, 3.8) is 0 Å². The second-order valence-electron chi connectivity index (χ2n) is 4.89. The number of urea groups is 1. The molecule has 1 saturated heterocycles. The molecular weight excluding hydrogens is 252 g/mol. The summed E-state index contributed by atoms with van der Waals surface area (Å²) in [7, 11) is -4.09. The summed E-state index contributed by atoms with van der Waals surface area (Å²) in [6.07, 6.45) is 4.01. The number of amides is 2. The lowest BCUT2D eigenvalue weighted by molar-refractivity contribution is 0.192. The summed E-state index contributed by atoms with van der Waals surface area (Å²) in [5.74, 6) is 0. The smallest absolute Gasteiger partial charge is 0.390 e. The van der Waals surface area contributed by atoms with E-state index in [0.29, 0.717) is 32.5 Å². The van der Waals surface area contributed by atoms with E-state index in [0.717, 1.165) is 19.3 Å². The average molecular weight is 276 g/mol. The van der Waals surface area contributed by atoms with Gasteiger partial charge in [0, 0.05) is 25.2 Å². The van der Waals surface area contributed by atoms with Crippen molar-refractivity contribution >= 4 is 14.8 Å². The van der Waals surface area contributed by atoms with E-state index in [9.17, 15) is 19.2 Å². The summed E-state index contributed by atoms with van der Waals surface area (Å²) in [5.41, 5.74) is -0.475. The van der Waals surface area contributed by atoms with Gasteiger partial charge in [-0.2, -0.15) is 0 Å². The van der Waals surface area contributed by atoms with Crippen LogP contribution in [0.5, 0.6) is 0 Å². The van der Waals surface area contributed by atoms with Crippen LogP contribution in [0.25, 0.3) is 0 Å². The normalized spacial score (nSPS) is 18.0. The van der Waals surface area contributed by atoms with Gasteiger partial charge < -0.3 is 24.6 Å². The molecule has 1 fully saturated rings. The van der Waals surface area contributed by atoms with Crippen molar-refractivity contribution in [1.82, 2.24) is 10.2 Å². The van der Waals surface area contributed by atoms with Gasteiger partial charge in [0.15, 0.2) is 0 Å². The Hall–Kier alpha value is -0.633. The second-order valence-corrected chi connectivity index (χ2v) is 7.08. The van der Waals surface area contributed by atoms with Gasteiger partial charge in [-0.15, -0.1) is 0 Å². The van der Waals surface area contributed by atoms with E-state index in [4.69, 9.17) is 0 Å². The number of nitrogens with zero attached hydrogens (tertiary/aromatic N) is 1. The molecule has 0 spiro atoms. The number of carbonyl (C=O) groups excluding carboxylic acids is 1. The molecule has 2 amide bonds. The van der Waals surface area contributed by atoms with Gasteiger partial charge in [-0.05, 0) is 12.8 Å². The quantitative estimate of drug-likeness (QED) is 0.378. The standard InChI is InChI=1S/C11H24N2O4Si/c1-2-3-4-5-10(18(15,16)17)6-8-13-9-7-12-11(13)14/h10,15-17H,2-9H2,1H3,(H,12,14). The highest BCUT2D eigenvalue weighted by Gasteiger charge is 2.38.